The van der Waals surface area contributed by atoms with E-state index in [1.807, 2.05) is 28.8 Å². The van der Waals surface area contributed by atoms with Crippen LogP contribution in [-0.2, 0) is 17.8 Å². The Morgan fingerprint density at radius 2 is 1.88 bits per heavy atom. The van der Waals surface area contributed by atoms with Crippen LogP contribution in [0, 0.1) is 13.8 Å². The van der Waals surface area contributed by atoms with Gasteiger partial charge >= 0.3 is 0 Å². The number of thioether (sulfide) groups is 1. The van der Waals surface area contributed by atoms with Gasteiger partial charge in [-0.2, -0.15) is 0 Å². The molecular weight excluding hydrogens is 460 g/mol. The normalized spacial score (nSPS) is 10.9. The Morgan fingerprint density at radius 3 is 2.62 bits per heavy atom. The van der Waals surface area contributed by atoms with Crippen LogP contribution in [0.5, 0.6) is 0 Å². The number of rotatable bonds is 10. The van der Waals surface area contributed by atoms with Gasteiger partial charge in [-0.15, -0.1) is 28.1 Å². The molecule has 2 aromatic carbocycles. The van der Waals surface area contributed by atoms with E-state index in [2.05, 4.69) is 77.7 Å². The number of hydrogen-bond acceptors (Lipinski definition) is 5. The molecule has 4 aromatic rings. The maximum atomic E-state index is 12.4. The second kappa shape index (κ2) is 11.3. The second-order valence-corrected chi connectivity index (χ2v) is 10.1. The largest absolute Gasteiger partial charge is 0.355 e. The summed E-state index contributed by atoms with van der Waals surface area (Å²) in [5, 5.41) is 14.8. The lowest BCUT2D eigenvalue weighted by Crippen LogP contribution is -2.27. The number of hydrogen-bond donors (Lipinski definition) is 1. The van der Waals surface area contributed by atoms with E-state index in [0.717, 1.165) is 17.8 Å². The fourth-order valence-electron chi connectivity index (χ4n) is 3.76. The third kappa shape index (κ3) is 5.66. The van der Waals surface area contributed by atoms with E-state index in [1.54, 1.807) is 11.3 Å². The van der Waals surface area contributed by atoms with E-state index in [0.29, 0.717) is 18.2 Å². The highest BCUT2D eigenvalue weighted by Gasteiger charge is 2.20. The smallest absolute Gasteiger partial charge is 0.230 e. The average molecular weight is 489 g/mol. The van der Waals surface area contributed by atoms with Gasteiger partial charge in [-0.05, 0) is 31.4 Å². The van der Waals surface area contributed by atoms with Crippen LogP contribution in [0.4, 0.5) is 0 Å². The number of aromatic nitrogens is 3. The molecule has 0 bridgehead atoms. The first-order valence-electron chi connectivity index (χ1n) is 11.2. The van der Waals surface area contributed by atoms with Crippen LogP contribution in [0.3, 0.4) is 0 Å². The third-order valence-electron chi connectivity index (χ3n) is 5.50. The lowest BCUT2D eigenvalue weighted by Gasteiger charge is -2.10. The zero-order valence-electron chi connectivity index (χ0n) is 19.5. The van der Waals surface area contributed by atoms with Gasteiger partial charge in [-0.25, -0.2) is 0 Å². The summed E-state index contributed by atoms with van der Waals surface area (Å²) in [7, 11) is 0. The van der Waals surface area contributed by atoms with E-state index in [1.165, 1.54) is 38.9 Å². The summed E-state index contributed by atoms with van der Waals surface area (Å²) in [6, 6.07) is 18.7. The zero-order valence-corrected chi connectivity index (χ0v) is 21.1. The molecule has 5 nitrogen and oxygen atoms in total. The van der Waals surface area contributed by atoms with Gasteiger partial charge in [0.1, 0.15) is 0 Å². The minimum atomic E-state index is -0.0117. The third-order valence-corrected chi connectivity index (χ3v) is 7.37. The van der Waals surface area contributed by atoms with Crippen LogP contribution in [0.15, 0.2) is 77.8 Å². The zero-order chi connectivity index (χ0) is 23.9. The van der Waals surface area contributed by atoms with Crippen LogP contribution < -0.4 is 5.32 Å². The molecule has 0 aliphatic heterocycles. The summed E-state index contributed by atoms with van der Waals surface area (Å²) < 4.78 is 2.04. The van der Waals surface area contributed by atoms with Crippen molar-refractivity contribution in [2.24, 2.45) is 0 Å². The number of nitrogens with one attached hydrogen (secondary N) is 1. The minimum Gasteiger partial charge on any atom is -0.355 e. The van der Waals surface area contributed by atoms with Crippen LogP contribution in [0.25, 0.3) is 22.5 Å². The first-order valence-corrected chi connectivity index (χ1v) is 13.1. The highest BCUT2D eigenvalue weighted by atomic mass is 32.2. The quantitative estimate of drug-likeness (QED) is 0.222. The number of benzene rings is 2. The van der Waals surface area contributed by atoms with Gasteiger partial charge in [-0.3, -0.25) is 9.36 Å². The summed E-state index contributed by atoms with van der Waals surface area (Å²) in [5.41, 5.74) is 5.84. The average Bonchev–Trinajstić information content (AvgIpc) is 3.42. The van der Waals surface area contributed by atoms with Crippen molar-refractivity contribution in [2.45, 2.75) is 32.0 Å². The number of aryl methyl sites for hydroxylation is 2. The summed E-state index contributed by atoms with van der Waals surface area (Å²) >= 11 is 3.11. The molecule has 0 radical (unpaired) electrons. The van der Waals surface area contributed by atoms with Crippen molar-refractivity contribution < 1.29 is 4.79 Å². The Labute approximate surface area is 208 Å². The summed E-state index contributed by atoms with van der Waals surface area (Å²) in [6.45, 7) is 9.32. The first kappa shape index (κ1) is 24.0. The Morgan fingerprint density at radius 1 is 1.12 bits per heavy atom. The molecule has 7 heteroatoms. The van der Waals surface area contributed by atoms with Gasteiger partial charge in [0.25, 0.3) is 0 Å². The number of carbonyl (C=O) groups excluding carboxylic acids is 1. The maximum Gasteiger partial charge on any atom is 0.230 e. The molecule has 0 atom stereocenters. The lowest BCUT2D eigenvalue weighted by atomic mass is 10.0. The predicted molar refractivity (Wildman–Crippen MR) is 142 cm³/mol. The van der Waals surface area contributed by atoms with E-state index in [9.17, 15) is 4.79 Å². The van der Waals surface area contributed by atoms with Crippen molar-refractivity contribution in [1.29, 1.82) is 0 Å². The van der Waals surface area contributed by atoms with Crippen molar-refractivity contribution >= 4 is 29.0 Å². The number of nitrogens with zero attached hydrogens (tertiary/aromatic N) is 3. The topological polar surface area (TPSA) is 59.8 Å². The molecule has 2 heterocycles. The molecule has 34 heavy (non-hydrogen) atoms. The standard InChI is InChI=1S/C27H28N4OS2/c1-4-16-31-26(23-17-33-20(3)25(23)22-12-10-19(2)11-13-22)29-30-27(31)34-18-24(32)28-15-14-21-8-6-5-7-9-21/h4-13,17H,1,14-16,18H2,2-3H3,(H,28,32). The summed E-state index contributed by atoms with van der Waals surface area (Å²) in [5.74, 6) is 1.08. The van der Waals surface area contributed by atoms with Crippen molar-refractivity contribution in [3.63, 3.8) is 0 Å². The Kier molecular flexibility index (Phi) is 7.98. The van der Waals surface area contributed by atoms with Gasteiger partial charge in [0.05, 0.1) is 5.75 Å². The number of carbonyl (C=O) groups is 1. The van der Waals surface area contributed by atoms with Crippen molar-refractivity contribution in [1.82, 2.24) is 20.1 Å². The first-order chi connectivity index (χ1) is 16.6. The van der Waals surface area contributed by atoms with E-state index < -0.39 is 0 Å². The Hall–Kier alpha value is -3.16. The Balaban J connectivity index is 1.48. The minimum absolute atomic E-state index is 0.0117. The highest BCUT2D eigenvalue weighted by molar-refractivity contribution is 7.99. The molecule has 2 aromatic heterocycles. The van der Waals surface area contributed by atoms with Gasteiger partial charge in [0.2, 0.25) is 5.91 Å². The summed E-state index contributed by atoms with van der Waals surface area (Å²) in [4.78, 5) is 13.6. The van der Waals surface area contributed by atoms with Crippen LogP contribution in [0.1, 0.15) is 16.0 Å². The maximum absolute atomic E-state index is 12.4. The van der Waals surface area contributed by atoms with Crippen molar-refractivity contribution in [3.05, 3.63) is 88.6 Å². The fourth-order valence-corrected chi connectivity index (χ4v) is 5.40. The van der Waals surface area contributed by atoms with E-state index in [-0.39, 0.29) is 11.7 Å². The van der Waals surface area contributed by atoms with Crippen LogP contribution in [0.2, 0.25) is 0 Å². The molecular formula is C27H28N4OS2. The number of allylic oxidation sites excluding steroid dienone is 1. The SMILES string of the molecule is C=CCn1c(SCC(=O)NCCc2ccccc2)nnc1-c1csc(C)c1-c1ccc(C)cc1. The molecule has 0 spiro atoms. The highest BCUT2D eigenvalue weighted by Crippen LogP contribution is 2.39. The predicted octanol–water partition coefficient (Wildman–Crippen LogP) is 5.93. The molecule has 0 saturated heterocycles. The molecule has 0 aliphatic carbocycles. The molecule has 0 aliphatic rings. The van der Waals surface area contributed by atoms with Gasteiger partial charge in [0, 0.05) is 34.5 Å². The fraction of sp³-hybridized carbons (Fsp3) is 0.222. The number of amides is 1. The van der Waals surface area contributed by atoms with Gasteiger partial charge < -0.3 is 5.32 Å². The van der Waals surface area contributed by atoms with Crippen LogP contribution in [-0.4, -0.2) is 33.0 Å². The molecule has 1 N–H and O–H groups in total. The molecule has 0 saturated carbocycles. The summed E-state index contributed by atoms with van der Waals surface area (Å²) in [6.07, 6.45) is 2.65. The van der Waals surface area contributed by atoms with Crippen molar-refractivity contribution in [2.75, 3.05) is 12.3 Å². The molecule has 4 rings (SSSR count). The second-order valence-electron chi connectivity index (χ2n) is 8.03. The number of thiophene rings is 1. The molecule has 1 amide bonds. The lowest BCUT2D eigenvalue weighted by molar-refractivity contribution is -0.118. The van der Waals surface area contributed by atoms with E-state index in [4.69, 9.17) is 0 Å². The molecule has 0 unspecified atom stereocenters. The van der Waals surface area contributed by atoms with Gasteiger partial charge in [0.15, 0.2) is 11.0 Å². The van der Waals surface area contributed by atoms with E-state index >= 15 is 0 Å². The monoisotopic (exact) mass is 488 g/mol. The van der Waals surface area contributed by atoms with Crippen LogP contribution >= 0.6 is 23.1 Å². The Bertz CT molecular complexity index is 1260. The van der Waals surface area contributed by atoms with Gasteiger partial charge in [-0.1, -0.05) is 78.0 Å². The molecule has 0 fully saturated rings. The van der Waals surface area contributed by atoms with Crippen molar-refractivity contribution in [3.8, 4) is 22.5 Å². The molecule has 174 valence electrons.